The summed E-state index contributed by atoms with van der Waals surface area (Å²) in [5.41, 5.74) is 1.13. The molecule has 8 heteroatoms. The quantitative estimate of drug-likeness (QED) is 0.193. The SMILES string of the molecule is CN=C(NCCCOCc1ccc(OC)cc1)N1CCC(C(=O)OC)CC1.I. The van der Waals surface area contributed by atoms with Gasteiger partial charge in [-0.1, -0.05) is 12.1 Å². The molecule has 0 radical (unpaired) electrons. The summed E-state index contributed by atoms with van der Waals surface area (Å²) in [7, 11) is 4.90. The van der Waals surface area contributed by atoms with E-state index in [2.05, 4.69) is 15.2 Å². The van der Waals surface area contributed by atoms with Crippen LogP contribution in [0.4, 0.5) is 0 Å². The van der Waals surface area contributed by atoms with Gasteiger partial charge in [0.1, 0.15) is 5.75 Å². The van der Waals surface area contributed by atoms with Gasteiger partial charge in [-0.2, -0.15) is 0 Å². The molecule has 0 aliphatic carbocycles. The third-order valence-corrected chi connectivity index (χ3v) is 4.72. The van der Waals surface area contributed by atoms with Crippen LogP contribution in [0.5, 0.6) is 5.75 Å². The molecular weight excluding hydrogens is 473 g/mol. The number of nitrogens with zero attached hydrogens (tertiary/aromatic N) is 2. The number of likely N-dealkylation sites (tertiary alicyclic amines) is 1. The number of hydrogen-bond acceptors (Lipinski definition) is 5. The van der Waals surface area contributed by atoms with Crippen LogP contribution in [0.25, 0.3) is 0 Å². The smallest absolute Gasteiger partial charge is 0.308 e. The van der Waals surface area contributed by atoms with Gasteiger partial charge in [0.15, 0.2) is 5.96 Å². The summed E-state index contributed by atoms with van der Waals surface area (Å²) in [5.74, 6) is 1.64. The number of halogens is 1. The van der Waals surface area contributed by atoms with Crippen molar-refractivity contribution in [2.45, 2.75) is 25.9 Å². The van der Waals surface area contributed by atoms with Crippen molar-refractivity contribution in [3.8, 4) is 5.75 Å². The molecule has 0 spiro atoms. The molecule has 158 valence electrons. The summed E-state index contributed by atoms with van der Waals surface area (Å²) in [6, 6.07) is 7.90. The third kappa shape index (κ3) is 7.83. The van der Waals surface area contributed by atoms with Gasteiger partial charge in [0.2, 0.25) is 0 Å². The number of benzene rings is 1. The van der Waals surface area contributed by atoms with Gasteiger partial charge in [-0.3, -0.25) is 9.79 Å². The number of methoxy groups -OCH3 is 2. The molecule has 1 N–H and O–H groups in total. The molecule has 0 unspecified atom stereocenters. The Morgan fingerprint density at radius 3 is 2.46 bits per heavy atom. The van der Waals surface area contributed by atoms with Crippen molar-refractivity contribution in [1.29, 1.82) is 0 Å². The molecule has 1 aromatic rings. The standard InChI is InChI=1S/C20H31N3O4.HI/c1-21-20(23-12-9-17(10-13-23)19(24)26-3)22-11-4-14-27-15-16-5-7-18(25-2)8-6-16;/h5-8,17H,4,9-15H2,1-3H3,(H,21,22);1H. The van der Waals surface area contributed by atoms with Crippen LogP contribution in [0.15, 0.2) is 29.3 Å². The fourth-order valence-corrected chi connectivity index (χ4v) is 3.11. The number of hydrogen-bond donors (Lipinski definition) is 1. The highest BCUT2D eigenvalue weighted by Crippen LogP contribution is 2.18. The molecule has 1 saturated heterocycles. The van der Waals surface area contributed by atoms with E-state index in [9.17, 15) is 4.79 Å². The van der Waals surface area contributed by atoms with Crippen molar-refractivity contribution in [2.24, 2.45) is 10.9 Å². The number of nitrogens with one attached hydrogen (secondary N) is 1. The van der Waals surface area contributed by atoms with Crippen LogP contribution >= 0.6 is 24.0 Å². The Bertz CT molecular complexity index is 602. The van der Waals surface area contributed by atoms with Crippen LogP contribution < -0.4 is 10.1 Å². The molecule has 0 saturated carbocycles. The van der Waals surface area contributed by atoms with Crippen LogP contribution in [0.2, 0.25) is 0 Å². The second-order valence-corrected chi connectivity index (χ2v) is 6.51. The van der Waals surface area contributed by atoms with Gasteiger partial charge in [-0.25, -0.2) is 0 Å². The Labute approximate surface area is 184 Å². The number of piperidine rings is 1. The molecule has 7 nitrogen and oxygen atoms in total. The van der Waals surface area contributed by atoms with Crippen molar-refractivity contribution in [3.05, 3.63) is 29.8 Å². The van der Waals surface area contributed by atoms with E-state index in [4.69, 9.17) is 14.2 Å². The van der Waals surface area contributed by atoms with Gasteiger partial charge in [-0.15, -0.1) is 24.0 Å². The first kappa shape index (κ1) is 24.5. The number of esters is 1. The summed E-state index contributed by atoms with van der Waals surface area (Å²) in [4.78, 5) is 18.2. The zero-order valence-electron chi connectivity index (χ0n) is 17.0. The summed E-state index contributed by atoms with van der Waals surface area (Å²) in [5, 5.41) is 3.37. The van der Waals surface area contributed by atoms with Crippen molar-refractivity contribution < 1.29 is 19.0 Å². The van der Waals surface area contributed by atoms with E-state index in [0.717, 1.165) is 56.2 Å². The minimum absolute atomic E-state index is 0. The Balaban J connectivity index is 0.00000392. The zero-order valence-corrected chi connectivity index (χ0v) is 19.3. The van der Waals surface area contributed by atoms with Gasteiger partial charge in [-0.05, 0) is 37.0 Å². The van der Waals surface area contributed by atoms with Crippen LogP contribution in [0.3, 0.4) is 0 Å². The Kier molecular flexibility index (Phi) is 11.9. The lowest BCUT2D eigenvalue weighted by molar-refractivity contribution is -0.146. The van der Waals surface area contributed by atoms with E-state index in [1.54, 1.807) is 14.2 Å². The number of aliphatic imine (C=N–C) groups is 1. The van der Waals surface area contributed by atoms with E-state index in [-0.39, 0.29) is 35.9 Å². The van der Waals surface area contributed by atoms with Gasteiger partial charge >= 0.3 is 5.97 Å². The highest BCUT2D eigenvalue weighted by Gasteiger charge is 2.26. The fourth-order valence-electron chi connectivity index (χ4n) is 3.11. The highest BCUT2D eigenvalue weighted by molar-refractivity contribution is 14.0. The van der Waals surface area contributed by atoms with E-state index >= 15 is 0 Å². The summed E-state index contributed by atoms with van der Waals surface area (Å²) >= 11 is 0. The van der Waals surface area contributed by atoms with Crippen molar-refractivity contribution >= 4 is 35.9 Å². The van der Waals surface area contributed by atoms with Gasteiger partial charge in [0, 0.05) is 33.3 Å². The molecule has 1 aromatic carbocycles. The molecule has 1 aliphatic heterocycles. The predicted molar refractivity (Wildman–Crippen MR) is 120 cm³/mol. The average molecular weight is 505 g/mol. The number of carbonyl (C=O) groups is 1. The molecule has 0 aromatic heterocycles. The number of carbonyl (C=O) groups excluding carboxylic acids is 1. The van der Waals surface area contributed by atoms with Crippen LogP contribution in [0.1, 0.15) is 24.8 Å². The largest absolute Gasteiger partial charge is 0.497 e. The normalized spacial score (nSPS) is 15.0. The highest BCUT2D eigenvalue weighted by atomic mass is 127. The first-order valence-electron chi connectivity index (χ1n) is 9.42. The zero-order chi connectivity index (χ0) is 19.5. The van der Waals surface area contributed by atoms with Gasteiger partial charge in [0.25, 0.3) is 0 Å². The van der Waals surface area contributed by atoms with Crippen molar-refractivity contribution in [2.75, 3.05) is 47.5 Å². The first-order valence-corrected chi connectivity index (χ1v) is 9.42. The lowest BCUT2D eigenvalue weighted by Gasteiger charge is -2.33. The predicted octanol–water partition coefficient (Wildman–Crippen LogP) is 2.68. The number of ether oxygens (including phenoxy) is 3. The lowest BCUT2D eigenvalue weighted by Crippen LogP contribution is -2.47. The molecule has 2 rings (SSSR count). The van der Waals surface area contributed by atoms with Crippen molar-refractivity contribution in [1.82, 2.24) is 10.2 Å². The molecule has 1 aliphatic rings. The molecule has 0 bridgehead atoms. The maximum absolute atomic E-state index is 11.6. The fraction of sp³-hybridized carbons (Fsp3) is 0.600. The molecule has 1 heterocycles. The third-order valence-electron chi connectivity index (χ3n) is 4.72. The maximum Gasteiger partial charge on any atom is 0.308 e. The average Bonchev–Trinajstić information content (AvgIpc) is 2.73. The van der Waals surface area contributed by atoms with E-state index in [1.807, 2.05) is 24.3 Å². The minimum atomic E-state index is -0.105. The Morgan fingerprint density at radius 2 is 1.89 bits per heavy atom. The molecule has 0 amide bonds. The summed E-state index contributed by atoms with van der Waals surface area (Å²) in [6.45, 7) is 3.70. The van der Waals surface area contributed by atoms with Crippen LogP contribution in [-0.2, 0) is 20.9 Å². The lowest BCUT2D eigenvalue weighted by atomic mass is 9.97. The monoisotopic (exact) mass is 505 g/mol. The van der Waals surface area contributed by atoms with Crippen LogP contribution in [0, 0.1) is 5.92 Å². The minimum Gasteiger partial charge on any atom is -0.497 e. The molecule has 28 heavy (non-hydrogen) atoms. The topological polar surface area (TPSA) is 72.4 Å². The summed E-state index contributed by atoms with van der Waals surface area (Å²) in [6.07, 6.45) is 2.50. The summed E-state index contributed by atoms with van der Waals surface area (Å²) < 4.78 is 15.7. The second kappa shape index (κ2) is 13.6. The second-order valence-electron chi connectivity index (χ2n) is 6.51. The van der Waals surface area contributed by atoms with Gasteiger partial charge in [0.05, 0.1) is 26.7 Å². The van der Waals surface area contributed by atoms with Crippen LogP contribution in [-0.4, -0.2) is 64.3 Å². The molecular formula is C20H32IN3O4. The first-order chi connectivity index (χ1) is 13.2. The van der Waals surface area contributed by atoms with Crippen molar-refractivity contribution in [3.63, 3.8) is 0 Å². The number of rotatable bonds is 8. The van der Waals surface area contributed by atoms with E-state index < -0.39 is 0 Å². The number of guanidine groups is 1. The maximum atomic E-state index is 11.6. The Hall–Kier alpha value is -1.55. The van der Waals surface area contributed by atoms with Gasteiger partial charge < -0.3 is 24.4 Å². The van der Waals surface area contributed by atoms with E-state index in [0.29, 0.717) is 13.2 Å². The Morgan fingerprint density at radius 1 is 1.21 bits per heavy atom. The van der Waals surface area contributed by atoms with E-state index in [1.165, 1.54) is 7.11 Å². The molecule has 1 fully saturated rings. The molecule has 0 atom stereocenters.